The number of aromatic nitrogens is 2. The molecule has 0 saturated heterocycles. The van der Waals surface area contributed by atoms with E-state index in [0.29, 0.717) is 0 Å². The fourth-order valence-corrected chi connectivity index (χ4v) is 3.53. The molecule has 2 rings (SSSR count). The molecule has 25 heavy (non-hydrogen) atoms. The summed E-state index contributed by atoms with van der Waals surface area (Å²) in [5.74, 6) is 0.869. The van der Waals surface area contributed by atoms with Gasteiger partial charge in [0.1, 0.15) is 0 Å². The summed E-state index contributed by atoms with van der Waals surface area (Å²) in [6.07, 6.45) is 1.92. The second kappa shape index (κ2) is 11.7. The van der Waals surface area contributed by atoms with Crippen molar-refractivity contribution in [3.63, 3.8) is 0 Å². The number of hydrogen-bond donors (Lipinski definition) is 2. The zero-order valence-electron chi connectivity index (χ0n) is 15.0. The van der Waals surface area contributed by atoms with Gasteiger partial charge in [0, 0.05) is 36.8 Å². The maximum atomic E-state index is 5.95. The number of thiophene rings is 1. The van der Waals surface area contributed by atoms with Crippen molar-refractivity contribution in [3.05, 3.63) is 38.8 Å². The molecule has 0 unspecified atom stereocenters. The summed E-state index contributed by atoms with van der Waals surface area (Å²) in [7, 11) is 0. The number of rotatable bonds is 8. The average Bonchev–Trinajstić information content (AvgIpc) is 3.08. The Morgan fingerprint density at radius 3 is 2.72 bits per heavy atom. The Balaban J connectivity index is 0.00000312. The first-order valence-electron chi connectivity index (χ1n) is 8.36. The summed E-state index contributed by atoms with van der Waals surface area (Å²) in [5, 5.41) is 11.1. The van der Waals surface area contributed by atoms with Crippen molar-refractivity contribution in [2.45, 2.75) is 40.2 Å². The highest BCUT2D eigenvalue weighted by molar-refractivity contribution is 14.0. The van der Waals surface area contributed by atoms with E-state index in [1.807, 2.05) is 17.7 Å². The quantitative estimate of drug-likeness (QED) is 0.252. The van der Waals surface area contributed by atoms with Gasteiger partial charge in [0.2, 0.25) is 0 Å². The molecule has 0 fully saturated rings. The molecule has 0 aliphatic heterocycles. The van der Waals surface area contributed by atoms with Gasteiger partial charge >= 0.3 is 0 Å². The average molecular weight is 496 g/mol. The molecule has 0 aliphatic carbocycles. The highest BCUT2D eigenvalue weighted by Gasteiger charge is 2.02. The van der Waals surface area contributed by atoms with Crippen LogP contribution in [0.4, 0.5) is 0 Å². The number of aryl methyl sites for hydroxylation is 3. The fraction of sp³-hybridized carbons (Fsp3) is 0.529. The van der Waals surface area contributed by atoms with Gasteiger partial charge in [-0.2, -0.15) is 5.10 Å². The van der Waals surface area contributed by atoms with Crippen LogP contribution in [0.1, 0.15) is 29.6 Å². The predicted octanol–water partition coefficient (Wildman–Crippen LogP) is 4.02. The van der Waals surface area contributed by atoms with E-state index in [2.05, 4.69) is 46.7 Å². The highest BCUT2D eigenvalue weighted by atomic mass is 127. The van der Waals surface area contributed by atoms with Gasteiger partial charge in [-0.05, 0) is 51.8 Å². The second-order valence-electron chi connectivity index (χ2n) is 5.65. The molecular weight excluding hydrogens is 469 g/mol. The summed E-state index contributed by atoms with van der Waals surface area (Å²) in [6.45, 7) is 9.57. The van der Waals surface area contributed by atoms with Crippen LogP contribution in [0.25, 0.3) is 0 Å². The van der Waals surface area contributed by atoms with E-state index in [9.17, 15) is 0 Å². The summed E-state index contributed by atoms with van der Waals surface area (Å²) < 4.78 is 2.89. The number of guanidine groups is 1. The third kappa shape index (κ3) is 7.96. The van der Waals surface area contributed by atoms with Crippen LogP contribution in [0, 0.1) is 13.8 Å². The number of aliphatic imine (C=N–C) groups is 1. The Morgan fingerprint density at radius 2 is 2.12 bits per heavy atom. The van der Waals surface area contributed by atoms with Crippen molar-refractivity contribution in [1.82, 2.24) is 20.4 Å². The topological polar surface area (TPSA) is 54.2 Å². The molecule has 0 radical (unpaired) electrons. The molecule has 0 aromatic carbocycles. The Labute approximate surface area is 176 Å². The van der Waals surface area contributed by atoms with E-state index in [-0.39, 0.29) is 24.0 Å². The van der Waals surface area contributed by atoms with E-state index in [1.165, 1.54) is 10.6 Å². The first-order chi connectivity index (χ1) is 11.6. The van der Waals surface area contributed by atoms with E-state index >= 15 is 0 Å². The standard InChI is InChI=1S/C17H26ClN5S.HI/c1-4-19-17(21-10-8-15-6-7-16(18)24-15)20-9-5-11-23-14(3)12-13(2)22-23;/h6-7,12H,4-5,8-11H2,1-3H3,(H2,19,20,21);1H. The minimum atomic E-state index is 0. The van der Waals surface area contributed by atoms with Crippen molar-refractivity contribution >= 4 is 52.9 Å². The SMILES string of the molecule is CCNC(=NCCCn1nc(C)cc1C)NCCc1ccc(Cl)s1.I. The number of nitrogens with zero attached hydrogens (tertiary/aromatic N) is 3. The number of hydrogen-bond acceptors (Lipinski definition) is 3. The highest BCUT2D eigenvalue weighted by Crippen LogP contribution is 2.21. The summed E-state index contributed by atoms with van der Waals surface area (Å²) >= 11 is 7.58. The molecule has 8 heteroatoms. The van der Waals surface area contributed by atoms with Crippen LogP contribution >= 0.6 is 46.9 Å². The van der Waals surface area contributed by atoms with Crippen LogP contribution in [-0.4, -0.2) is 35.4 Å². The van der Waals surface area contributed by atoms with Crippen LogP contribution in [0.3, 0.4) is 0 Å². The molecule has 2 heterocycles. The van der Waals surface area contributed by atoms with Gasteiger partial charge in [0.05, 0.1) is 10.0 Å². The predicted molar refractivity (Wildman–Crippen MR) is 119 cm³/mol. The van der Waals surface area contributed by atoms with Crippen LogP contribution in [0.15, 0.2) is 23.2 Å². The van der Waals surface area contributed by atoms with Crippen LogP contribution in [0.2, 0.25) is 4.34 Å². The summed E-state index contributed by atoms with van der Waals surface area (Å²) in [6, 6.07) is 6.12. The Morgan fingerprint density at radius 1 is 1.32 bits per heavy atom. The van der Waals surface area contributed by atoms with Crippen molar-refractivity contribution in [2.75, 3.05) is 19.6 Å². The molecule has 5 nitrogen and oxygen atoms in total. The maximum Gasteiger partial charge on any atom is 0.191 e. The fourth-order valence-electron chi connectivity index (χ4n) is 2.44. The summed E-state index contributed by atoms with van der Waals surface area (Å²) in [4.78, 5) is 5.92. The molecule has 0 spiro atoms. The largest absolute Gasteiger partial charge is 0.357 e. The lowest BCUT2D eigenvalue weighted by atomic mass is 10.3. The minimum Gasteiger partial charge on any atom is -0.357 e. The Bertz CT molecular complexity index is 668. The molecular formula is C17H27ClIN5S. The van der Waals surface area contributed by atoms with Gasteiger partial charge in [-0.15, -0.1) is 35.3 Å². The van der Waals surface area contributed by atoms with E-state index < -0.39 is 0 Å². The lowest BCUT2D eigenvalue weighted by Crippen LogP contribution is -2.38. The van der Waals surface area contributed by atoms with Gasteiger partial charge in [0.15, 0.2) is 5.96 Å². The van der Waals surface area contributed by atoms with Crippen molar-refractivity contribution in [2.24, 2.45) is 4.99 Å². The Hall–Kier alpha value is -0.800. The minimum absolute atomic E-state index is 0. The van der Waals surface area contributed by atoms with E-state index in [4.69, 9.17) is 11.6 Å². The molecule has 0 amide bonds. The normalized spacial score (nSPS) is 11.3. The molecule has 2 aromatic heterocycles. The first kappa shape index (κ1) is 22.2. The molecule has 0 atom stereocenters. The Kier molecular flexibility index (Phi) is 10.4. The van der Waals surface area contributed by atoms with Gasteiger partial charge in [-0.3, -0.25) is 9.67 Å². The monoisotopic (exact) mass is 495 g/mol. The van der Waals surface area contributed by atoms with Crippen LogP contribution < -0.4 is 10.6 Å². The molecule has 0 aliphatic rings. The van der Waals surface area contributed by atoms with Gasteiger partial charge in [-0.25, -0.2) is 0 Å². The molecule has 0 bridgehead atoms. The van der Waals surface area contributed by atoms with Crippen LogP contribution in [-0.2, 0) is 13.0 Å². The molecule has 0 saturated carbocycles. The zero-order valence-corrected chi connectivity index (χ0v) is 18.9. The lowest BCUT2D eigenvalue weighted by Gasteiger charge is -2.11. The van der Waals surface area contributed by atoms with Crippen molar-refractivity contribution in [1.29, 1.82) is 0 Å². The lowest BCUT2D eigenvalue weighted by molar-refractivity contribution is 0.567. The number of nitrogens with one attached hydrogen (secondary N) is 2. The maximum absolute atomic E-state index is 5.95. The molecule has 2 aromatic rings. The van der Waals surface area contributed by atoms with Gasteiger partial charge < -0.3 is 10.6 Å². The van der Waals surface area contributed by atoms with Gasteiger partial charge in [-0.1, -0.05) is 11.6 Å². The van der Waals surface area contributed by atoms with Crippen molar-refractivity contribution < 1.29 is 0 Å². The third-order valence-corrected chi connectivity index (χ3v) is 4.83. The van der Waals surface area contributed by atoms with Gasteiger partial charge in [0.25, 0.3) is 0 Å². The first-order valence-corrected chi connectivity index (χ1v) is 9.55. The second-order valence-corrected chi connectivity index (χ2v) is 7.45. The smallest absolute Gasteiger partial charge is 0.191 e. The number of halogens is 2. The zero-order chi connectivity index (χ0) is 17.4. The van der Waals surface area contributed by atoms with E-state index in [1.54, 1.807) is 11.3 Å². The van der Waals surface area contributed by atoms with E-state index in [0.717, 1.165) is 55.0 Å². The third-order valence-electron chi connectivity index (χ3n) is 3.54. The molecule has 140 valence electrons. The van der Waals surface area contributed by atoms with Crippen LogP contribution in [0.5, 0.6) is 0 Å². The molecule has 2 N–H and O–H groups in total. The van der Waals surface area contributed by atoms with Crippen molar-refractivity contribution in [3.8, 4) is 0 Å². The summed E-state index contributed by atoms with van der Waals surface area (Å²) in [5.41, 5.74) is 2.27.